The molecule has 0 fully saturated rings. The average molecular weight is 274 g/mol. The Morgan fingerprint density at radius 3 is 2.26 bits per heavy atom. The fourth-order valence-corrected chi connectivity index (χ4v) is 2.24. The highest BCUT2D eigenvalue weighted by molar-refractivity contribution is 7.99. The van der Waals surface area contributed by atoms with Crippen molar-refractivity contribution >= 4 is 17.7 Å². The highest BCUT2D eigenvalue weighted by Crippen LogP contribution is 2.22. The van der Waals surface area contributed by atoms with Gasteiger partial charge in [-0.1, -0.05) is 30.3 Å². The van der Waals surface area contributed by atoms with Crippen molar-refractivity contribution in [1.29, 1.82) is 0 Å². The molecule has 0 saturated carbocycles. The summed E-state index contributed by atoms with van der Waals surface area (Å²) < 4.78 is 5.68. The van der Waals surface area contributed by atoms with Gasteiger partial charge in [-0.05, 0) is 29.8 Å². The van der Waals surface area contributed by atoms with E-state index in [0.717, 1.165) is 17.1 Å². The Balaban J connectivity index is 1.89. The average Bonchev–Trinajstić information content (AvgIpc) is 2.42. The van der Waals surface area contributed by atoms with Crippen LogP contribution in [0.3, 0.4) is 0 Å². The van der Waals surface area contributed by atoms with Crippen LogP contribution in [0.1, 0.15) is 5.56 Å². The Kier molecular flexibility index (Phi) is 4.86. The van der Waals surface area contributed by atoms with Crippen LogP contribution >= 0.6 is 11.8 Å². The zero-order valence-electron chi connectivity index (χ0n) is 10.3. The fraction of sp³-hybridized carbons (Fsp3) is 0.133. The molecule has 2 rings (SSSR count). The van der Waals surface area contributed by atoms with E-state index in [1.165, 1.54) is 11.8 Å². The molecule has 0 heterocycles. The van der Waals surface area contributed by atoms with Gasteiger partial charge in [-0.2, -0.15) is 0 Å². The van der Waals surface area contributed by atoms with Crippen molar-refractivity contribution in [3.05, 3.63) is 60.2 Å². The molecule has 3 nitrogen and oxygen atoms in total. The molecule has 0 aliphatic rings. The molecule has 19 heavy (non-hydrogen) atoms. The van der Waals surface area contributed by atoms with E-state index in [0.29, 0.717) is 5.75 Å². The summed E-state index contributed by atoms with van der Waals surface area (Å²) in [4.78, 5) is 10.4. The number of carbonyl (C=O) groups is 1. The summed E-state index contributed by atoms with van der Waals surface area (Å²) in [6.45, 7) is 0. The zero-order valence-corrected chi connectivity index (χ0v) is 11.1. The lowest BCUT2D eigenvalue weighted by atomic mass is 10.2. The van der Waals surface area contributed by atoms with E-state index in [1.54, 1.807) is 0 Å². The number of hydrogen-bond acceptors (Lipinski definition) is 3. The van der Waals surface area contributed by atoms with Gasteiger partial charge >= 0.3 is 5.97 Å². The van der Waals surface area contributed by atoms with E-state index in [-0.39, 0.29) is 5.75 Å². The topological polar surface area (TPSA) is 46.5 Å². The molecule has 1 N–H and O–H groups in total. The molecule has 0 amide bonds. The maximum atomic E-state index is 10.4. The smallest absolute Gasteiger partial charge is 0.313 e. The third-order valence-corrected chi connectivity index (χ3v) is 3.39. The SMILES string of the molecule is O=C(O)CSCc1ccc(Oc2ccccc2)cc1. The minimum absolute atomic E-state index is 0.127. The summed E-state index contributed by atoms with van der Waals surface area (Å²) in [6, 6.07) is 17.3. The summed E-state index contributed by atoms with van der Waals surface area (Å²) >= 11 is 1.38. The highest BCUT2D eigenvalue weighted by Gasteiger charge is 2.00. The second kappa shape index (κ2) is 6.85. The number of thioether (sulfide) groups is 1. The molecule has 0 atom stereocenters. The van der Waals surface area contributed by atoms with Crippen molar-refractivity contribution in [3.63, 3.8) is 0 Å². The van der Waals surface area contributed by atoms with Crippen LogP contribution in [0.2, 0.25) is 0 Å². The molecule has 0 radical (unpaired) electrons. The minimum atomic E-state index is -0.783. The van der Waals surface area contributed by atoms with Crippen molar-refractivity contribution in [2.24, 2.45) is 0 Å². The Labute approximate surface area is 116 Å². The molecule has 2 aromatic rings. The first-order valence-corrected chi connectivity index (χ1v) is 7.01. The van der Waals surface area contributed by atoms with Gasteiger partial charge in [-0.15, -0.1) is 11.8 Å². The van der Waals surface area contributed by atoms with Crippen LogP contribution in [0.25, 0.3) is 0 Å². The molecule has 0 aromatic heterocycles. The molecule has 4 heteroatoms. The first-order chi connectivity index (χ1) is 9.24. The monoisotopic (exact) mass is 274 g/mol. The van der Waals surface area contributed by atoms with E-state index >= 15 is 0 Å². The second-order valence-corrected chi connectivity index (χ2v) is 4.93. The van der Waals surface area contributed by atoms with Gasteiger partial charge in [-0.25, -0.2) is 0 Å². The van der Waals surface area contributed by atoms with Crippen molar-refractivity contribution < 1.29 is 14.6 Å². The molecule has 0 bridgehead atoms. The number of carboxylic acid groups (broad SMARTS) is 1. The van der Waals surface area contributed by atoms with Gasteiger partial charge < -0.3 is 9.84 Å². The Hall–Kier alpha value is -1.94. The molecule has 0 saturated heterocycles. The van der Waals surface area contributed by atoms with Crippen molar-refractivity contribution in [3.8, 4) is 11.5 Å². The summed E-state index contributed by atoms with van der Waals surface area (Å²) in [6.07, 6.45) is 0. The van der Waals surface area contributed by atoms with Gasteiger partial charge in [0.05, 0.1) is 5.75 Å². The molecule has 0 aliphatic carbocycles. The van der Waals surface area contributed by atoms with Crippen LogP contribution in [0, 0.1) is 0 Å². The van der Waals surface area contributed by atoms with Gasteiger partial charge in [0.15, 0.2) is 0 Å². The quantitative estimate of drug-likeness (QED) is 0.870. The van der Waals surface area contributed by atoms with E-state index in [4.69, 9.17) is 9.84 Å². The number of carboxylic acids is 1. The molecule has 98 valence electrons. The summed E-state index contributed by atoms with van der Waals surface area (Å²) in [5.74, 6) is 1.61. The maximum absolute atomic E-state index is 10.4. The predicted octanol–water partition coefficient (Wildman–Crippen LogP) is 3.80. The van der Waals surface area contributed by atoms with Crippen LogP contribution < -0.4 is 4.74 Å². The van der Waals surface area contributed by atoms with Crippen molar-refractivity contribution in [2.75, 3.05) is 5.75 Å². The van der Waals surface area contributed by atoms with Gasteiger partial charge in [0.1, 0.15) is 11.5 Å². The number of ether oxygens (including phenoxy) is 1. The lowest BCUT2D eigenvalue weighted by molar-refractivity contribution is -0.133. The van der Waals surface area contributed by atoms with Gasteiger partial charge in [0.25, 0.3) is 0 Å². The third-order valence-electron chi connectivity index (χ3n) is 2.40. The van der Waals surface area contributed by atoms with Gasteiger partial charge in [0, 0.05) is 5.75 Å². The normalized spacial score (nSPS) is 10.1. The lowest BCUT2D eigenvalue weighted by Gasteiger charge is -2.06. The van der Waals surface area contributed by atoms with E-state index < -0.39 is 5.97 Å². The van der Waals surface area contributed by atoms with E-state index in [1.807, 2.05) is 54.6 Å². The Bertz CT molecular complexity index is 523. The highest BCUT2D eigenvalue weighted by atomic mass is 32.2. The first kappa shape index (κ1) is 13.5. The zero-order chi connectivity index (χ0) is 13.5. The van der Waals surface area contributed by atoms with Gasteiger partial charge in [-0.3, -0.25) is 4.79 Å². The van der Waals surface area contributed by atoms with E-state index in [9.17, 15) is 4.79 Å². The molecule has 0 spiro atoms. The van der Waals surface area contributed by atoms with Crippen LogP contribution in [-0.4, -0.2) is 16.8 Å². The Morgan fingerprint density at radius 1 is 1.00 bits per heavy atom. The van der Waals surface area contributed by atoms with Crippen LogP contribution in [0.5, 0.6) is 11.5 Å². The number of rotatable bonds is 6. The van der Waals surface area contributed by atoms with Crippen LogP contribution in [-0.2, 0) is 10.5 Å². The van der Waals surface area contributed by atoms with Gasteiger partial charge in [0.2, 0.25) is 0 Å². The Morgan fingerprint density at radius 2 is 1.63 bits per heavy atom. The van der Waals surface area contributed by atoms with Crippen LogP contribution in [0.15, 0.2) is 54.6 Å². The third kappa shape index (κ3) is 4.67. The molecular formula is C15H14O3S. The number of benzene rings is 2. The predicted molar refractivity (Wildman–Crippen MR) is 76.8 cm³/mol. The number of aliphatic carboxylic acids is 1. The number of hydrogen-bond donors (Lipinski definition) is 1. The van der Waals surface area contributed by atoms with Crippen LogP contribution in [0.4, 0.5) is 0 Å². The molecule has 2 aromatic carbocycles. The first-order valence-electron chi connectivity index (χ1n) is 5.85. The van der Waals surface area contributed by atoms with Crippen molar-refractivity contribution in [2.45, 2.75) is 5.75 Å². The molecule has 0 aliphatic heterocycles. The second-order valence-electron chi connectivity index (χ2n) is 3.95. The largest absolute Gasteiger partial charge is 0.481 e. The lowest BCUT2D eigenvalue weighted by Crippen LogP contribution is -1.98. The van der Waals surface area contributed by atoms with Crippen molar-refractivity contribution in [1.82, 2.24) is 0 Å². The summed E-state index contributed by atoms with van der Waals surface area (Å²) in [5, 5.41) is 8.56. The summed E-state index contributed by atoms with van der Waals surface area (Å²) in [5.41, 5.74) is 1.09. The van der Waals surface area contributed by atoms with E-state index in [2.05, 4.69) is 0 Å². The molecular weight excluding hydrogens is 260 g/mol. The summed E-state index contributed by atoms with van der Waals surface area (Å²) in [7, 11) is 0. The number of para-hydroxylation sites is 1. The minimum Gasteiger partial charge on any atom is -0.481 e. The molecule has 0 unspecified atom stereocenters. The standard InChI is InChI=1S/C15H14O3S/c16-15(17)11-19-10-12-6-8-14(9-7-12)18-13-4-2-1-3-5-13/h1-9H,10-11H2,(H,16,17). The maximum Gasteiger partial charge on any atom is 0.313 e. The fourth-order valence-electron chi connectivity index (χ4n) is 1.53.